The molecule has 35 heavy (non-hydrogen) atoms. The highest BCUT2D eigenvalue weighted by molar-refractivity contribution is 7.99. The second kappa shape index (κ2) is 10.4. The van der Waals surface area contributed by atoms with E-state index in [1.54, 1.807) is 35.4 Å². The van der Waals surface area contributed by atoms with Crippen molar-refractivity contribution >= 4 is 35.0 Å². The van der Waals surface area contributed by atoms with Gasteiger partial charge in [-0.2, -0.15) is 0 Å². The average molecular weight is 513 g/mol. The number of carbonyl (C=O) groups excluding carboxylic acids is 1. The van der Waals surface area contributed by atoms with Gasteiger partial charge in [0.15, 0.2) is 17.1 Å². The number of hydrogen-bond acceptors (Lipinski definition) is 6. The highest BCUT2D eigenvalue weighted by atomic mass is 35.5. The van der Waals surface area contributed by atoms with Crippen molar-refractivity contribution in [2.75, 3.05) is 11.1 Å². The molecule has 0 saturated carbocycles. The molecule has 1 unspecified atom stereocenters. The van der Waals surface area contributed by atoms with Gasteiger partial charge in [0.2, 0.25) is 5.91 Å². The summed E-state index contributed by atoms with van der Waals surface area (Å²) in [7, 11) is 3.59. The Hall–Kier alpha value is -3.50. The molecule has 9 nitrogen and oxygen atoms in total. The van der Waals surface area contributed by atoms with Crippen molar-refractivity contribution in [1.29, 1.82) is 0 Å². The van der Waals surface area contributed by atoms with Crippen molar-refractivity contribution in [3.05, 3.63) is 81.5 Å². The molecule has 11 heteroatoms. The molecule has 0 aliphatic carbocycles. The maximum absolute atomic E-state index is 13.0. The van der Waals surface area contributed by atoms with Crippen LogP contribution in [0.1, 0.15) is 24.5 Å². The van der Waals surface area contributed by atoms with Gasteiger partial charge in [-0.05, 0) is 38.1 Å². The second-order valence-corrected chi connectivity index (χ2v) is 9.21. The normalized spacial score (nSPS) is 11.9. The summed E-state index contributed by atoms with van der Waals surface area (Å²) < 4.78 is 10.9. The van der Waals surface area contributed by atoms with Gasteiger partial charge in [-0.15, -0.1) is 10.2 Å². The van der Waals surface area contributed by atoms with E-state index < -0.39 is 6.10 Å². The number of thioether (sulfide) groups is 1. The fourth-order valence-corrected chi connectivity index (χ4v) is 4.51. The summed E-state index contributed by atoms with van der Waals surface area (Å²) in [5, 5.41) is 12.2. The molecule has 182 valence electrons. The lowest BCUT2D eigenvalue weighted by Gasteiger charge is -2.15. The lowest BCUT2D eigenvalue weighted by atomic mass is 10.3. The molecule has 1 N–H and O–H groups in total. The predicted octanol–water partition coefficient (Wildman–Crippen LogP) is 4.14. The van der Waals surface area contributed by atoms with Crippen LogP contribution in [-0.4, -0.2) is 35.8 Å². The fourth-order valence-electron chi connectivity index (χ4n) is 3.61. The molecule has 2 aromatic carbocycles. The van der Waals surface area contributed by atoms with Gasteiger partial charge in [0.1, 0.15) is 11.4 Å². The van der Waals surface area contributed by atoms with E-state index in [2.05, 4.69) is 15.5 Å². The van der Waals surface area contributed by atoms with Crippen LogP contribution >= 0.6 is 23.4 Å². The molecule has 4 aromatic rings. The molecule has 0 bridgehead atoms. The summed E-state index contributed by atoms with van der Waals surface area (Å²) in [5.74, 6) is 0.895. The lowest BCUT2D eigenvalue weighted by Crippen LogP contribution is -2.23. The van der Waals surface area contributed by atoms with Gasteiger partial charge in [0.05, 0.1) is 22.2 Å². The summed E-state index contributed by atoms with van der Waals surface area (Å²) in [4.78, 5) is 25.7. The number of benzene rings is 2. The summed E-state index contributed by atoms with van der Waals surface area (Å²) in [5.41, 5.74) is 1.34. The molecule has 0 fully saturated rings. The molecule has 2 heterocycles. The number of amides is 1. The van der Waals surface area contributed by atoms with Gasteiger partial charge in [-0.25, -0.2) is 4.68 Å². The fraction of sp³-hybridized carbons (Fsp3) is 0.250. The molecule has 1 atom stereocenters. The number of anilines is 1. The molecule has 0 radical (unpaired) electrons. The zero-order valence-corrected chi connectivity index (χ0v) is 21.3. The first kappa shape index (κ1) is 24.6. The number of carbonyl (C=O) groups is 1. The molecule has 0 saturated heterocycles. The van der Waals surface area contributed by atoms with Crippen LogP contribution in [0.15, 0.2) is 64.5 Å². The number of nitrogens with one attached hydrogen (secondary N) is 1. The highest BCUT2D eigenvalue weighted by Gasteiger charge is 2.21. The summed E-state index contributed by atoms with van der Waals surface area (Å²) in [6.07, 6.45) is -0.404. The zero-order valence-electron chi connectivity index (χ0n) is 19.7. The number of halogens is 1. The molecule has 0 aliphatic rings. The first-order chi connectivity index (χ1) is 16.8. The van der Waals surface area contributed by atoms with E-state index in [1.165, 1.54) is 16.4 Å². The number of rotatable bonds is 8. The van der Waals surface area contributed by atoms with Crippen molar-refractivity contribution in [2.24, 2.45) is 14.1 Å². The van der Waals surface area contributed by atoms with Crippen molar-refractivity contribution in [1.82, 2.24) is 24.1 Å². The van der Waals surface area contributed by atoms with Crippen molar-refractivity contribution in [3.8, 4) is 11.4 Å². The standard InChI is InChI=1S/C24H25ClN6O3S/c1-15-21(23(33)31(30(15)4)17-10-6-5-7-11-17)26-20(32)14-35-24-28-27-22(29(24)3)16(2)34-19-13-9-8-12-18(19)25/h5-13,16H,14H2,1-4H3,(H,26,32). The number of nitrogens with zero attached hydrogens (tertiary/aromatic N) is 5. The Morgan fingerprint density at radius 1 is 1.11 bits per heavy atom. The molecular formula is C24H25ClN6O3S. The third kappa shape index (κ3) is 5.13. The topological polar surface area (TPSA) is 96.0 Å². The van der Waals surface area contributed by atoms with Crippen molar-refractivity contribution in [3.63, 3.8) is 0 Å². The molecule has 0 spiro atoms. The lowest BCUT2D eigenvalue weighted by molar-refractivity contribution is -0.113. The van der Waals surface area contributed by atoms with Gasteiger partial charge < -0.3 is 14.6 Å². The van der Waals surface area contributed by atoms with Gasteiger partial charge in [0.25, 0.3) is 5.56 Å². The van der Waals surface area contributed by atoms with Crippen molar-refractivity contribution in [2.45, 2.75) is 25.1 Å². The minimum Gasteiger partial charge on any atom is -0.481 e. The zero-order chi connectivity index (χ0) is 25.1. The monoisotopic (exact) mass is 512 g/mol. The Morgan fingerprint density at radius 2 is 1.80 bits per heavy atom. The van der Waals surface area contributed by atoms with E-state index in [0.717, 1.165) is 5.69 Å². The van der Waals surface area contributed by atoms with Gasteiger partial charge >= 0.3 is 0 Å². The van der Waals surface area contributed by atoms with E-state index >= 15 is 0 Å². The quantitative estimate of drug-likeness (QED) is 0.356. The number of para-hydroxylation sites is 2. The summed E-state index contributed by atoms with van der Waals surface area (Å²) in [6.45, 7) is 3.64. The van der Waals surface area contributed by atoms with Crippen LogP contribution in [0.25, 0.3) is 5.69 Å². The van der Waals surface area contributed by atoms with E-state index in [0.29, 0.717) is 27.4 Å². The molecule has 0 aliphatic heterocycles. The number of aromatic nitrogens is 5. The molecular weight excluding hydrogens is 488 g/mol. The van der Waals surface area contributed by atoms with Crippen LogP contribution in [0.3, 0.4) is 0 Å². The third-order valence-electron chi connectivity index (χ3n) is 5.52. The first-order valence-corrected chi connectivity index (χ1v) is 12.2. The Labute approximate surface area is 211 Å². The first-order valence-electron chi connectivity index (χ1n) is 10.8. The van der Waals surface area contributed by atoms with Gasteiger partial charge in [-0.3, -0.25) is 14.3 Å². The van der Waals surface area contributed by atoms with Gasteiger partial charge in [-0.1, -0.05) is 53.7 Å². The van der Waals surface area contributed by atoms with Crippen LogP contribution in [-0.2, 0) is 18.9 Å². The van der Waals surface area contributed by atoms with Crippen molar-refractivity contribution < 1.29 is 9.53 Å². The largest absolute Gasteiger partial charge is 0.481 e. The van der Waals surface area contributed by atoms with Crippen LogP contribution in [0.5, 0.6) is 5.75 Å². The van der Waals surface area contributed by atoms with Crippen LogP contribution < -0.4 is 15.6 Å². The average Bonchev–Trinajstić information content (AvgIpc) is 3.31. The minimum atomic E-state index is -0.404. The summed E-state index contributed by atoms with van der Waals surface area (Å²) in [6, 6.07) is 16.5. The van der Waals surface area contributed by atoms with Crippen LogP contribution in [0.4, 0.5) is 5.69 Å². The van der Waals surface area contributed by atoms with Crippen LogP contribution in [0.2, 0.25) is 5.02 Å². The third-order valence-corrected chi connectivity index (χ3v) is 6.86. The highest BCUT2D eigenvalue weighted by Crippen LogP contribution is 2.29. The maximum atomic E-state index is 13.0. The second-order valence-electron chi connectivity index (χ2n) is 7.86. The van der Waals surface area contributed by atoms with Gasteiger partial charge in [0, 0.05) is 14.1 Å². The Bertz CT molecular complexity index is 1410. The summed E-state index contributed by atoms with van der Waals surface area (Å²) >= 11 is 7.40. The number of hydrogen-bond donors (Lipinski definition) is 1. The Morgan fingerprint density at radius 3 is 2.51 bits per heavy atom. The Balaban J connectivity index is 1.43. The van der Waals surface area contributed by atoms with Crippen LogP contribution in [0, 0.1) is 6.92 Å². The van der Waals surface area contributed by atoms with E-state index in [-0.39, 0.29) is 22.9 Å². The van der Waals surface area contributed by atoms with E-state index in [1.807, 2.05) is 56.4 Å². The van der Waals surface area contributed by atoms with E-state index in [9.17, 15) is 9.59 Å². The molecule has 2 aromatic heterocycles. The Kier molecular flexibility index (Phi) is 7.32. The molecule has 1 amide bonds. The predicted molar refractivity (Wildman–Crippen MR) is 137 cm³/mol. The maximum Gasteiger partial charge on any atom is 0.295 e. The molecule has 4 rings (SSSR count). The van der Waals surface area contributed by atoms with E-state index in [4.69, 9.17) is 16.3 Å². The number of ether oxygens (including phenoxy) is 1. The minimum absolute atomic E-state index is 0.0604. The SMILES string of the molecule is Cc1c(NC(=O)CSc2nnc(C(C)Oc3ccccc3Cl)n2C)c(=O)n(-c2ccccc2)n1C. The smallest absolute Gasteiger partial charge is 0.295 e.